The van der Waals surface area contributed by atoms with Crippen molar-refractivity contribution >= 4 is 0 Å². The standard InChI is InChI=1S/C20H18N6/c1-14-5-6-16(8-15(14)2)20(17-4-3-7-21-9-17)26-12-19(24-25-26)18-10-22-13-23-11-18/h3-13,20H,1-2H3. The number of hydrogen-bond acceptors (Lipinski definition) is 5. The minimum absolute atomic E-state index is 0.103. The highest BCUT2D eigenvalue weighted by Gasteiger charge is 2.19. The summed E-state index contributed by atoms with van der Waals surface area (Å²) in [6, 6.07) is 10.4. The second-order valence-electron chi connectivity index (χ2n) is 6.24. The maximum absolute atomic E-state index is 4.38. The summed E-state index contributed by atoms with van der Waals surface area (Å²) in [6.45, 7) is 4.23. The molecule has 4 aromatic rings. The molecule has 26 heavy (non-hydrogen) atoms. The average Bonchev–Trinajstić information content (AvgIpc) is 3.16. The molecular weight excluding hydrogens is 324 g/mol. The van der Waals surface area contributed by atoms with Crippen LogP contribution in [0.5, 0.6) is 0 Å². The van der Waals surface area contributed by atoms with Crippen molar-refractivity contribution in [1.29, 1.82) is 0 Å². The van der Waals surface area contributed by atoms with Gasteiger partial charge in [-0.1, -0.05) is 29.5 Å². The molecule has 1 unspecified atom stereocenters. The lowest BCUT2D eigenvalue weighted by Gasteiger charge is -2.18. The summed E-state index contributed by atoms with van der Waals surface area (Å²) in [6.07, 6.45) is 10.5. The van der Waals surface area contributed by atoms with Crippen molar-refractivity contribution in [3.05, 3.63) is 89.9 Å². The molecule has 0 saturated heterocycles. The molecule has 1 aromatic carbocycles. The Morgan fingerprint density at radius 3 is 2.46 bits per heavy atom. The molecule has 0 aliphatic carbocycles. The summed E-state index contributed by atoms with van der Waals surface area (Å²) >= 11 is 0. The molecular formula is C20H18N6. The largest absolute Gasteiger partial charge is 0.264 e. The van der Waals surface area contributed by atoms with Crippen LogP contribution >= 0.6 is 0 Å². The molecule has 3 aromatic heterocycles. The molecule has 0 aliphatic rings. The van der Waals surface area contributed by atoms with Crippen LogP contribution in [0.25, 0.3) is 11.3 Å². The first-order valence-corrected chi connectivity index (χ1v) is 8.36. The molecule has 0 bridgehead atoms. The van der Waals surface area contributed by atoms with Crippen LogP contribution in [0, 0.1) is 13.8 Å². The van der Waals surface area contributed by atoms with Crippen LogP contribution in [0.4, 0.5) is 0 Å². The number of aromatic nitrogens is 6. The molecule has 0 saturated carbocycles. The second kappa shape index (κ2) is 6.84. The number of hydrogen-bond donors (Lipinski definition) is 0. The van der Waals surface area contributed by atoms with Crippen molar-refractivity contribution < 1.29 is 0 Å². The third-order valence-corrected chi connectivity index (χ3v) is 4.48. The lowest BCUT2D eigenvalue weighted by molar-refractivity contribution is 0.569. The summed E-state index contributed by atoms with van der Waals surface area (Å²) in [5.41, 5.74) is 6.28. The zero-order valence-electron chi connectivity index (χ0n) is 14.6. The fourth-order valence-corrected chi connectivity index (χ4v) is 2.94. The summed E-state index contributed by atoms with van der Waals surface area (Å²) in [4.78, 5) is 12.4. The lowest BCUT2D eigenvalue weighted by Crippen LogP contribution is -2.13. The zero-order valence-corrected chi connectivity index (χ0v) is 14.6. The molecule has 128 valence electrons. The Hall–Kier alpha value is -3.41. The normalized spacial score (nSPS) is 12.1. The lowest BCUT2D eigenvalue weighted by atomic mass is 9.97. The van der Waals surface area contributed by atoms with E-state index in [1.807, 2.05) is 23.1 Å². The van der Waals surface area contributed by atoms with Gasteiger partial charge in [0.15, 0.2) is 0 Å². The highest BCUT2D eigenvalue weighted by atomic mass is 15.4. The number of rotatable bonds is 4. The number of aryl methyl sites for hydroxylation is 2. The van der Waals surface area contributed by atoms with Crippen LogP contribution < -0.4 is 0 Å². The van der Waals surface area contributed by atoms with Crippen molar-refractivity contribution in [1.82, 2.24) is 29.9 Å². The first-order chi connectivity index (χ1) is 12.7. The SMILES string of the molecule is Cc1ccc(C(c2cccnc2)n2cc(-c3cncnc3)nn2)cc1C. The van der Waals surface area contributed by atoms with Gasteiger partial charge in [0.1, 0.15) is 18.1 Å². The molecule has 0 amide bonds. The number of benzene rings is 1. The third kappa shape index (κ3) is 3.09. The number of nitrogens with zero attached hydrogens (tertiary/aromatic N) is 6. The third-order valence-electron chi connectivity index (χ3n) is 4.48. The van der Waals surface area contributed by atoms with Gasteiger partial charge in [0.2, 0.25) is 0 Å². The Morgan fingerprint density at radius 2 is 1.73 bits per heavy atom. The van der Waals surface area contributed by atoms with Crippen molar-refractivity contribution in [2.75, 3.05) is 0 Å². The summed E-state index contributed by atoms with van der Waals surface area (Å²) in [7, 11) is 0. The van der Waals surface area contributed by atoms with E-state index >= 15 is 0 Å². The van der Waals surface area contributed by atoms with E-state index in [-0.39, 0.29) is 6.04 Å². The fourth-order valence-electron chi connectivity index (χ4n) is 2.94. The first kappa shape index (κ1) is 16.1. The van der Waals surface area contributed by atoms with Crippen molar-refractivity contribution in [2.45, 2.75) is 19.9 Å². The van der Waals surface area contributed by atoms with Gasteiger partial charge in [-0.05, 0) is 42.2 Å². The molecule has 0 spiro atoms. The van der Waals surface area contributed by atoms with Crippen molar-refractivity contribution in [2.24, 2.45) is 0 Å². The minimum atomic E-state index is -0.103. The molecule has 1 atom stereocenters. The van der Waals surface area contributed by atoms with Gasteiger partial charge < -0.3 is 0 Å². The van der Waals surface area contributed by atoms with Gasteiger partial charge in [0, 0.05) is 30.4 Å². The van der Waals surface area contributed by atoms with Crippen LogP contribution in [0.2, 0.25) is 0 Å². The van der Waals surface area contributed by atoms with E-state index in [1.165, 1.54) is 17.5 Å². The van der Waals surface area contributed by atoms with E-state index in [4.69, 9.17) is 0 Å². The van der Waals surface area contributed by atoms with Gasteiger partial charge in [0.25, 0.3) is 0 Å². The maximum atomic E-state index is 4.38. The predicted molar refractivity (Wildman–Crippen MR) is 98.4 cm³/mol. The highest BCUT2D eigenvalue weighted by Crippen LogP contribution is 2.28. The van der Waals surface area contributed by atoms with Crippen LogP contribution in [0.3, 0.4) is 0 Å². The van der Waals surface area contributed by atoms with Gasteiger partial charge in [-0.25, -0.2) is 14.6 Å². The zero-order chi connectivity index (χ0) is 17.9. The van der Waals surface area contributed by atoms with Crippen molar-refractivity contribution in [3.63, 3.8) is 0 Å². The highest BCUT2D eigenvalue weighted by molar-refractivity contribution is 5.54. The molecule has 0 fully saturated rings. The van der Waals surface area contributed by atoms with Gasteiger partial charge in [0.05, 0.1) is 6.20 Å². The second-order valence-corrected chi connectivity index (χ2v) is 6.24. The van der Waals surface area contributed by atoms with Gasteiger partial charge in [-0.15, -0.1) is 5.10 Å². The molecule has 6 nitrogen and oxygen atoms in total. The van der Waals surface area contributed by atoms with Crippen LogP contribution in [0.15, 0.2) is 67.6 Å². The van der Waals surface area contributed by atoms with E-state index in [2.05, 4.69) is 63.4 Å². The van der Waals surface area contributed by atoms with E-state index in [0.717, 1.165) is 22.4 Å². The summed E-state index contributed by atoms with van der Waals surface area (Å²) in [5, 5.41) is 8.69. The first-order valence-electron chi connectivity index (χ1n) is 8.36. The van der Waals surface area contributed by atoms with Gasteiger partial charge in [-0.3, -0.25) is 4.98 Å². The van der Waals surface area contributed by atoms with E-state index < -0.39 is 0 Å². The summed E-state index contributed by atoms with van der Waals surface area (Å²) in [5.74, 6) is 0. The smallest absolute Gasteiger partial charge is 0.116 e. The molecule has 6 heteroatoms. The van der Waals surface area contributed by atoms with Crippen LogP contribution in [-0.4, -0.2) is 29.9 Å². The quantitative estimate of drug-likeness (QED) is 0.568. The van der Waals surface area contributed by atoms with Gasteiger partial charge >= 0.3 is 0 Å². The van der Waals surface area contributed by atoms with E-state index in [9.17, 15) is 0 Å². The fraction of sp³-hybridized carbons (Fsp3) is 0.150. The van der Waals surface area contributed by atoms with Crippen LogP contribution in [0.1, 0.15) is 28.3 Å². The minimum Gasteiger partial charge on any atom is -0.264 e. The topological polar surface area (TPSA) is 69.4 Å². The Morgan fingerprint density at radius 1 is 0.885 bits per heavy atom. The molecule has 0 N–H and O–H groups in total. The van der Waals surface area contributed by atoms with E-state index in [0.29, 0.717) is 0 Å². The summed E-state index contributed by atoms with van der Waals surface area (Å²) < 4.78 is 1.86. The predicted octanol–water partition coefficient (Wildman–Crippen LogP) is 3.38. The Bertz CT molecular complexity index is 1010. The monoisotopic (exact) mass is 342 g/mol. The Labute approximate surface area is 151 Å². The molecule has 3 heterocycles. The van der Waals surface area contributed by atoms with Crippen LogP contribution in [-0.2, 0) is 0 Å². The van der Waals surface area contributed by atoms with Crippen molar-refractivity contribution in [3.8, 4) is 11.3 Å². The maximum Gasteiger partial charge on any atom is 0.116 e. The molecule has 4 rings (SSSR count). The average molecular weight is 342 g/mol. The Kier molecular flexibility index (Phi) is 4.23. The van der Waals surface area contributed by atoms with E-state index in [1.54, 1.807) is 18.6 Å². The Balaban J connectivity index is 1.81. The number of pyridine rings is 1. The molecule has 0 radical (unpaired) electrons. The van der Waals surface area contributed by atoms with Gasteiger partial charge in [-0.2, -0.15) is 0 Å². The molecule has 0 aliphatic heterocycles.